The first-order chi connectivity index (χ1) is 14.1. The Bertz CT molecular complexity index is 887. The smallest absolute Gasteiger partial charge is 0.314 e. The second-order valence-corrected chi connectivity index (χ2v) is 7.75. The first-order valence-electron chi connectivity index (χ1n) is 10.1. The fourth-order valence-corrected chi connectivity index (χ4v) is 4.92. The molecule has 3 atom stereocenters. The first kappa shape index (κ1) is 19.4. The summed E-state index contributed by atoms with van der Waals surface area (Å²) in [7, 11) is 1.73. The number of hydrogen-bond donors (Lipinski definition) is 1. The van der Waals surface area contributed by atoms with Crippen molar-refractivity contribution in [2.24, 2.45) is 5.41 Å². The number of esters is 1. The van der Waals surface area contributed by atoms with Gasteiger partial charge in [0.05, 0.1) is 17.6 Å². The van der Waals surface area contributed by atoms with Gasteiger partial charge in [-0.05, 0) is 38.2 Å². The van der Waals surface area contributed by atoms with Gasteiger partial charge in [0.1, 0.15) is 0 Å². The van der Waals surface area contributed by atoms with Gasteiger partial charge in [-0.3, -0.25) is 9.59 Å². The van der Waals surface area contributed by atoms with Gasteiger partial charge in [-0.15, -0.1) is 0 Å². The number of benzene rings is 1. The molecule has 0 unspecified atom stereocenters. The van der Waals surface area contributed by atoms with Crippen LogP contribution in [0.1, 0.15) is 42.1 Å². The molecular weight excluding hydrogens is 368 g/mol. The zero-order valence-corrected chi connectivity index (χ0v) is 16.8. The summed E-state index contributed by atoms with van der Waals surface area (Å²) in [6.45, 7) is 2.16. The lowest BCUT2D eigenvalue weighted by atomic mass is 9.70. The fourth-order valence-electron chi connectivity index (χ4n) is 4.92. The van der Waals surface area contributed by atoms with E-state index in [1.54, 1.807) is 19.4 Å². The third-order valence-corrected chi connectivity index (χ3v) is 6.14. The zero-order valence-electron chi connectivity index (χ0n) is 16.8. The molecule has 2 bridgehead atoms. The number of aromatic nitrogens is 2. The molecule has 7 heteroatoms. The van der Waals surface area contributed by atoms with E-state index in [9.17, 15) is 9.59 Å². The van der Waals surface area contributed by atoms with Crippen molar-refractivity contribution in [2.45, 2.75) is 44.7 Å². The summed E-state index contributed by atoms with van der Waals surface area (Å²) >= 11 is 0. The van der Waals surface area contributed by atoms with E-state index in [0.29, 0.717) is 31.0 Å². The molecule has 2 saturated heterocycles. The molecule has 0 radical (unpaired) electrons. The SMILES string of the molecule is CCOC(=O)[C@@]1(Cc2ccccc2)C[C@H]2CC[C@@H]1N2C(=O)c1cnc(NC)nc1. The number of amides is 1. The van der Waals surface area contributed by atoms with Crippen LogP contribution in [0.2, 0.25) is 0 Å². The minimum absolute atomic E-state index is 0.0320. The summed E-state index contributed by atoms with van der Waals surface area (Å²) in [6.07, 6.45) is 6.00. The maximum absolute atomic E-state index is 13.3. The molecule has 2 aliphatic heterocycles. The van der Waals surface area contributed by atoms with Crippen molar-refractivity contribution in [3.63, 3.8) is 0 Å². The van der Waals surface area contributed by atoms with Crippen LogP contribution in [-0.2, 0) is 16.0 Å². The Morgan fingerprint density at radius 2 is 1.93 bits per heavy atom. The molecule has 1 aromatic heterocycles. The Labute approximate surface area is 170 Å². The molecule has 1 aromatic carbocycles. The second-order valence-electron chi connectivity index (χ2n) is 7.75. The van der Waals surface area contributed by atoms with Crippen molar-refractivity contribution in [3.8, 4) is 0 Å². The van der Waals surface area contributed by atoms with Crippen LogP contribution in [0.15, 0.2) is 42.7 Å². The molecule has 1 N–H and O–H groups in total. The predicted molar refractivity (Wildman–Crippen MR) is 108 cm³/mol. The third kappa shape index (κ3) is 3.34. The number of nitrogens with zero attached hydrogens (tertiary/aromatic N) is 3. The van der Waals surface area contributed by atoms with Crippen LogP contribution in [0.4, 0.5) is 5.95 Å². The van der Waals surface area contributed by atoms with Crippen molar-refractivity contribution in [3.05, 3.63) is 53.9 Å². The van der Waals surface area contributed by atoms with E-state index >= 15 is 0 Å². The maximum Gasteiger partial charge on any atom is 0.314 e. The number of hydrogen-bond acceptors (Lipinski definition) is 6. The van der Waals surface area contributed by atoms with Crippen molar-refractivity contribution in [1.82, 2.24) is 14.9 Å². The molecule has 3 heterocycles. The van der Waals surface area contributed by atoms with Crippen molar-refractivity contribution in [1.29, 1.82) is 0 Å². The quantitative estimate of drug-likeness (QED) is 0.759. The lowest BCUT2D eigenvalue weighted by Gasteiger charge is -2.35. The normalized spacial score (nSPS) is 25.1. The van der Waals surface area contributed by atoms with E-state index in [0.717, 1.165) is 18.4 Å². The molecule has 2 fully saturated rings. The Hall–Kier alpha value is -2.96. The topological polar surface area (TPSA) is 84.4 Å². The predicted octanol–water partition coefficient (Wildman–Crippen LogP) is 2.69. The Balaban J connectivity index is 1.66. The van der Waals surface area contributed by atoms with Crippen LogP contribution < -0.4 is 5.32 Å². The summed E-state index contributed by atoms with van der Waals surface area (Å²) in [6, 6.07) is 9.84. The van der Waals surface area contributed by atoms with E-state index in [1.807, 2.05) is 42.2 Å². The van der Waals surface area contributed by atoms with Crippen LogP contribution in [0.5, 0.6) is 0 Å². The summed E-state index contributed by atoms with van der Waals surface area (Å²) in [5.41, 5.74) is 0.823. The maximum atomic E-state index is 13.3. The van der Waals surface area contributed by atoms with Gasteiger partial charge in [-0.2, -0.15) is 0 Å². The number of carbonyl (C=O) groups is 2. The van der Waals surface area contributed by atoms with Gasteiger partial charge < -0.3 is 15.0 Å². The number of carbonyl (C=O) groups excluding carboxylic acids is 2. The monoisotopic (exact) mass is 394 g/mol. The molecule has 2 aromatic rings. The highest BCUT2D eigenvalue weighted by atomic mass is 16.5. The molecular formula is C22H26N4O3. The highest BCUT2D eigenvalue weighted by molar-refractivity contribution is 5.95. The number of fused-ring (bicyclic) bond motifs is 2. The van der Waals surface area contributed by atoms with E-state index in [-0.39, 0.29) is 24.0 Å². The minimum atomic E-state index is -0.707. The molecule has 29 heavy (non-hydrogen) atoms. The lowest BCUT2D eigenvalue weighted by molar-refractivity contribution is -0.157. The molecule has 0 aliphatic carbocycles. The highest BCUT2D eigenvalue weighted by Gasteiger charge is 2.62. The molecule has 0 spiro atoms. The van der Waals surface area contributed by atoms with Crippen LogP contribution in [0.3, 0.4) is 0 Å². The van der Waals surface area contributed by atoms with Crippen molar-refractivity contribution >= 4 is 17.8 Å². The number of nitrogens with one attached hydrogen (secondary N) is 1. The average molecular weight is 394 g/mol. The van der Waals surface area contributed by atoms with Gasteiger partial charge in [-0.1, -0.05) is 30.3 Å². The largest absolute Gasteiger partial charge is 0.465 e. The fraction of sp³-hybridized carbons (Fsp3) is 0.455. The van der Waals surface area contributed by atoms with Crippen LogP contribution in [0, 0.1) is 5.41 Å². The Morgan fingerprint density at radius 1 is 1.21 bits per heavy atom. The van der Waals surface area contributed by atoms with Gasteiger partial charge in [0.25, 0.3) is 5.91 Å². The van der Waals surface area contributed by atoms with E-state index in [2.05, 4.69) is 15.3 Å². The summed E-state index contributed by atoms with van der Waals surface area (Å²) < 4.78 is 5.51. The molecule has 0 saturated carbocycles. The van der Waals surface area contributed by atoms with Gasteiger partial charge in [0, 0.05) is 31.5 Å². The Morgan fingerprint density at radius 3 is 2.59 bits per heavy atom. The standard InChI is InChI=1S/C22H26N4O3/c1-3-29-20(28)22(11-15-7-5-4-6-8-15)12-17-9-10-18(22)26(17)19(27)16-13-24-21(23-2)25-14-16/h4-8,13-14,17-18H,3,9-12H2,1-2H3,(H,23,24,25)/t17-,18+,22+/m1/s1. The van der Waals surface area contributed by atoms with Crippen LogP contribution in [-0.4, -0.2) is 52.5 Å². The molecule has 2 aliphatic rings. The number of anilines is 1. The minimum Gasteiger partial charge on any atom is -0.465 e. The molecule has 1 amide bonds. The van der Waals surface area contributed by atoms with E-state index < -0.39 is 5.41 Å². The molecule has 152 valence electrons. The van der Waals surface area contributed by atoms with Crippen LogP contribution in [0.25, 0.3) is 0 Å². The number of rotatable bonds is 6. The molecule has 4 rings (SSSR count). The molecule has 7 nitrogen and oxygen atoms in total. The van der Waals surface area contributed by atoms with Crippen molar-refractivity contribution < 1.29 is 14.3 Å². The van der Waals surface area contributed by atoms with Gasteiger partial charge in [0.15, 0.2) is 0 Å². The number of ether oxygens (including phenoxy) is 1. The van der Waals surface area contributed by atoms with Crippen molar-refractivity contribution in [2.75, 3.05) is 19.0 Å². The van der Waals surface area contributed by atoms with Crippen LogP contribution >= 0.6 is 0 Å². The van der Waals surface area contributed by atoms with E-state index in [4.69, 9.17) is 4.74 Å². The van der Waals surface area contributed by atoms with E-state index in [1.165, 1.54) is 0 Å². The average Bonchev–Trinajstić information content (AvgIpc) is 3.30. The summed E-state index contributed by atoms with van der Waals surface area (Å²) in [5, 5.41) is 2.85. The lowest BCUT2D eigenvalue weighted by Crippen LogP contribution is -2.47. The zero-order chi connectivity index (χ0) is 20.4. The van der Waals surface area contributed by atoms with Gasteiger partial charge in [0.2, 0.25) is 5.95 Å². The summed E-state index contributed by atoms with van der Waals surface area (Å²) in [5.74, 6) is 0.158. The van der Waals surface area contributed by atoms with Gasteiger partial charge >= 0.3 is 5.97 Å². The van der Waals surface area contributed by atoms with Gasteiger partial charge in [-0.25, -0.2) is 9.97 Å². The third-order valence-electron chi connectivity index (χ3n) is 6.14. The second kappa shape index (κ2) is 7.81. The summed E-state index contributed by atoms with van der Waals surface area (Å²) in [4.78, 5) is 36.7. The Kier molecular flexibility index (Phi) is 5.22. The highest BCUT2D eigenvalue weighted by Crippen LogP contribution is 2.52. The first-order valence-corrected chi connectivity index (χ1v) is 10.1.